The minimum atomic E-state index is -0.234. The monoisotopic (exact) mass is 261 g/mol. The minimum Gasteiger partial charge on any atom is -0.385 e. The van der Waals surface area contributed by atoms with Gasteiger partial charge in [-0.15, -0.1) is 0 Å². The van der Waals surface area contributed by atoms with Gasteiger partial charge in [0.15, 0.2) is 0 Å². The van der Waals surface area contributed by atoms with Crippen molar-refractivity contribution < 1.29 is 4.74 Å². The van der Waals surface area contributed by atoms with Gasteiger partial charge in [0.1, 0.15) is 4.47 Å². The summed E-state index contributed by atoms with van der Waals surface area (Å²) < 4.78 is 5.38. The molecular formula is C8H12BrN3O2. The first-order valence-electron chi connectivity index (χ1n) is 4.21. The van der Waals surface area contributed by atoms with E-state index in [4.69, 9.17) is 4.74 Å². The van der Waals surface area contributed by atoms with E-state index in [1.807, 2.05) is 0 Å². The fourth-order valence-corrected chi connectivity index (χ4v) is 1.28. The zero-order valence-electron chi connectivity index (χ0n) is 7.84. The molecule has 1 heterocycles. The Hall–Kier alpha value is -0.880. The lowest BCUT2D eigenvalue weighted by atomic mass is 10.4. The Balaban J connectivity index is 2.51. The second-order valence-corrected chi connectivity index (χ2v) is 3.49. The fourth-order valence-electron chi connectivity index (χ4n) is 0.946. The van der Waals surface area contributed by atoms with Crippen molar-refractivity contribution in [3.8, 4) is 0 Å². The lowest BCUT2D eigenvalue weighted by Gasteiger charge is -2.05. The van der Waals surface area contributed by atoms with Crippen LogP contribution in [0.4, 0.5) is 5.69 Å². The van der Waals surface area contributed by atoms with E-state index in [-0.39, 0.29) is 5.56 Å². The van der Waals surface area contributed by atoms with Crippen LogP contribution in [0.25, 0.3) is 0 Å². The molecule has 0 amide bonds. The number of ether oxygens (including phenoxy) is 1. The second-order valence-electron chi connectivity index (χ2n) is 2.70. The highest BCUT2D eigenvalue weighted by Crippen LogP contribution is 2.14. The Morgan fingerprint density at radius 1 is 1.71 bits per heavy atom. The van der Waals surface area contributed by atoms with Gasteiger partial charge in [0.25, 0.3) is 5.56 Å². The first-order chi connectivity index (χ1) is 6.75. The largest absolute Gasteiger partial charge is 0.385 e. The molecule has 0 fully saturated rings. The first kappa shape index (κ1) is 11.2. The maximum atomic E-state index is 11.1. The Bertz CT molecular complexity index is 340. The fraction of sp³-hybridized carbons (Fsp3) is 0.500. The average molecular weight is 262 g/mol. The van der Waals surface area contributed by atoms with Crippen LogP contribution in [0.5, 0.6) is 0 Å². The maximum absolute atomic E-state index is 11.1. The topological polar surface area (TPSA) is 67.0 Å². The molecule has 0 saturated heterocycles. The zero-order chi connectivity index (χ0) is 10.4. The van der Waals surface area contributed by atoms with Gasteiger partial charge < -0.3 is 10.1 Å². The van der Waals surface area contributed by atoms with Gasteiger partial charge in [-0.3, -0.25) is 4.79 Å². The van der Waals surface area contributed by atoms with E-state index in [1.165, 1.54) is 0 Å². The number of hydrogen-bond acceptors (Lipinski definition) is 4. The van der Waals surface area contributed by atoms with Crippen LogP contribution in [-0.4, -0.2) is 30.5 Å². The van der Waals surface area contributed by atoms with Crippen LogP contribution in [0.3, 0.4) is 0 Å². The third kappa shape index (κ3) is 3.12. The summed E-state index contributed by atoms with van der Waals surface area (Å²) in [6.07, 6.45) is 2.45. The van der Waals surface area contributed by atoms with Gasteiger partial charge in [-0.1, -0.05) is 0 Å². The van der Waals surface area contributed by atoms with Crippen molar-refractivity contribution in [3.63, 3.8) is 0 Å². The third-order valence-electron chi connectivity index (χ3n) is 1.64. The van der Waals surface area contributed by atoms with Crippen molar-refractivity contribution in [1.29, 1.82) is 0 Å². The molecule has 1 aromatic rings. The molecule has 1 aromatic heterocycles. The number of methoxy groups -OCH3 is 1. The molecule has 0 unspecified atom stereocenters. The number of rotatable bonds is 5. The van der Waals surface area contributed by atoms with E-state index in [9.17, 15) is 4.79 Å². The normalized spacial score (nSPS) is 10.1. The molecule has 1 rings (SSSR count). The van der Waals surface area contributed by atoms with Gasteiger partial charge in [-0.05, 0) is 22.4 Å². The van der Waals surface area contributed by atoms with E-state index in [1.54, 1.807) is 13.3 Å². The molecule has 78 valence electrons. The molecule has 0 radical (unpaired) electrons. The van der Waals surface area contributed by atoms with Crippen LogP contribution in [0.1, 0.15) is 6.42 Å². The summed E-state index contributed by atoms with van der Waals surface area (Å²) in [6, 6.07) is 0. The summed E-state index contributed by atoms with van der Waals surface area (Å²) in [5.74, 6) is 0. The molecule has 0 atom stereocenters. The summed E-state index contributed by atoms with van der Waals surface area (Å²) in [4.78, 5) is 11.1. The van der Waals surface area contributed by atoms with E-state index in [2.05, 4.69) is 31.4 Å². The molecule has 14 heavy (non-hydrogen) atoms. The molecule has 0 aliphatic heterocycles. The third-order valence-corrected chi connectivity index (χ3v) is 2.42. The molecule has 2 N–H and O–H groups in total. The number of aromatic amines is 1. The first-order valence-corrected chi connectivity index (χ1v) is 5.01. The van der Waals surface area contributed by atoms with Gasteiger partial charge in [0.2, 0.25) is 0 Å². The van der Waals surface area contributed by atoms with Crippen LogP contribution in [0.2, 0.25) is 0 Å². The lowest BCUT2D eigenvalue weighted by Crippen LogP contribution is -2.13. The van der Waals surface area contributed by atoms with Crippen LogP contribution in [-0.2, 0) is 4.74 Å². The molecule has 0 spiro atoms. The molecule has 0 aromatic carbocycles. The van der Waals surface area contributed by atoms with Gasteiger partial charge >= 0.3 is 0 Å². The van der Waals surface area contributed by atoms with Crippen LogP contribution in [0.15, 0.2) is 15.5 Å². The molecule has 0 saturated carbocycles. The van der Waals surface area contributed by atoms with Crippen LogP contribution >= 0.6 is 15.9 Å². The number of anilines is 1. The Labute approximate surface area is 90.0 Å². The summed E-state index contributed by atoms with van der Waals surface area (Å²) in [5, 5.41) is 9.09. The molecule has 0 aliphatic rings. The number of hydrogen-bond donors (Lipinski definition) is 2. The van der Waals surface area contributed by atoms with Crippen molar-refractivity contribution in [2.45, 2.75) is 6.42 Å². The van der Waals surface area contributed by atoms with Crippen molar-refractivity contribution in [2.24, 2.45) is 0 Å². The quantitative estimate of drug-likeness (QED) is 0.776. The van der Waals surface area contributed by atoms with E-state index >= 15 is 0 Å². The SMILES string of the molecule is COCCCNc1cn[nH]c(=O)c1Br. The molecular weight excluding hydrogens is 250 g/mol. The van der Waals surface area contributed by atoms with Gasteiger partial charge in [0, 0.05) is 20.3 Å². The number of aromatic nitrogens is 2. The lowest BCUT2D eigenvalue weighted by molar-refractivity contribution is 0.198. The predicted molar refractivity (Wildman–Crippen MR) is 57.5 cm³/mol. The highest BCUT2D eigenvalue weighted by Gasteiger charge is 2.02. The maximum Gasteiger partial charge on any atom is 0.280 e. The summed E-state index contributed by atoms with van der Waals surface area (Å²) in [6.45, 7) is 1.44. The van der Waals surface area contributed by atoms with Crippen LogP contribution < -0.4 is 10.9 Å². The van der Waals surface area contributed by atoms with Crippen LogP contribution in [0, 0.1) is 0 Å². The second kappa shape index (κ2) is 5.77. The minimum absolute atomic E-state index is 0.234. The molecule has 0 aliphatic carbocycles. The smallest absolute Gasteiger partial charge is 0.280 e. The van der Waals surface area contributed by atoms with E-state index < -0.39 is 0 Å². The molecule has 5 nitrogen and oxygen atoms in total. The van der Waals surface area contributed by atoms with Gasteiger partial charge in [-0.25, -0.2) is 5.10 Å². The Morgan fingerprint density at radius 2 is 2.50 bits per heavy atom. The van der Waals surface area contributed by atoms with Crippen molar-refractivity contribution in [3.05, 3.63) is 21.0 Å². The van der Waals surface area contributed by atoms with Gasteiger partial charge in [0.05, 0.1) is 11.9 Å². The van der Waals surface area contributed by atoms with E-state index in [0.717, 1.165) is 13.0 Å². The van der Waals surface area contributed by atoms with Gasteiger partial charge in [-0.2, -0.15) is 5.10 Å². The van der Waals surface area contributed by atoms with Crippen molar-refractivity contribution in [2.75, 3.05) is 25.6 Å². The Kier molecular flexibility index (Phi) is 4.61. The standard InChI is InChI=1S/C8H12BrN3O2/c1-14-4-2-3-10-6-5-11-12-8(13)7(6)9/h5H,2-4H2,1H3,(H2,10,12,13). The Morgan fingerprint density at radius 3 is 3.21 bits per heavy atom. The van der Waals surface area contributed by atoms with E-state index in [0.29, 0.717) is 16.8 Å². The van der Waals surface area contributed by atoms with Crippen molar-refractivity contribution >= 4 is 21.6 Å². The average Bonchev–Trinajstić information content (AvgIpc) is 2.19. The molecule has 6 heteroatoms. The zero-order valence-corrected chi connectivity index (χ0v) is 9.43. The molecule has 0 bridgehead atoms. The highest BCUT2D eigenvalue weighted by molar-refractivity contribution is 9.10. The number of H-pyrrole nitrogens is 1. The summed E-state index contributed by atoms with van der Waals surface area (Å²) in [5.41, 5.74) is 0.464. The summed E-state index contributed by atoms with van der Waals surface area (Å²) >= 11 is 3.17. The number of nitrogens with zero attached hydrogens (tertiary/aromatic N) is 1. The summed E-state index contributed by atoms with van der Waals surface area (Å²) in [7, 11) is 1.66. The number of halogens is 1. The number of nitrogens with one attached hydrogen (secondary N) is 2. The predicted octanol–water partition coefficient (Wildman–Crippen LogP) is 0.981. The van der Waals surface area contributed by atoms with Crippen molar-refractivity contribution in [1.82, 2.24) is 10.2 Å². The highest BCUT2D eigenvalue weighted by atomic mass is 79.9.